The molecule has 42 heavy (non-hydrogen) atoms. The van der Waals surface area contributed by atoms with E-state index in [2.05, 4.69) is 52.7 Å². The standard InChI is InChI=1S/C33H60N6O3/c1-4-7-10-13-16-19-22-34-31(40)37-28-25-29(38-32(41)35-23-20-17-14-11-8-5-2)27-30(26-28)39-33(42)36-24-21-18-15-12-9-6-3/h25-27H,4-24H2,1-3H3,(H2,34,37,40)(H2,35,38,41)(H2,36,39,42). The van der Waals surface area contributed by atoms with Crippen molar-refractivity contribution in [3.63, 3.8) is 0 Å². The highest BCUT2D eigenvalue weighted by molar-refractivity contribution is 5.96. The molecule has 9 nitrogen and oxygen atoms in total. The first-order chi connectivity index (χ1) is 20.5. The van der Waals surface area contributed by atoms with Gasteiger partial charge in [0, 0.05) is 36.7 Å². The number of unbranched alkanes of at least 4 members (excludes halogenated alkanes) is 15. The van der Waals surface area contributed by atoms with Crippen LogP contribution in [0.2, 0.25) is 0 Å². The first kappa shape index (κ1) is 37.1. The van der Waals surface area contributed by atoms with Crippen molar-refractivity contribution >= 4 is 35.2 Å². The summed E-state index contributed by atoms with van der Waals surface area (Å²) in [6.45, 7) is 8.39. The van der Waals surface area contributed by atoms with E-state index in [-0.39, 0.29) is 18.1 Å². The predicted molar refractivity (Wildman–Crippen MR) is 178 cm³/mol. The van der Waals surface area contributed by atoms with Crippen LogP contribution in [0, 0.1) is 0 Å². The van der Waals surface area contributed by atoms with Crippen LogP contribution in [0.1, 0.15) is 136 Å². The maximum absolute atomic E-state index is 12.5. The molecule has 6 amide bonds. The molecule has 0 aliphatic rings. The summed E-state index contributed by atoms with van der Waals surface area (Å²) in [5, 5.41) is 17.2. The number of amides is 6. The molecule has 0 unspecified atom stereocenters. The number of anilines is 3. The molecular weight excluding hydrogens is 528 g/mol. The van der Waals surface area contributed by atoms with Crippen LogP contribution in [0.5, 0.6) is 0 Å². The quantitative estimate of drug-likeness (QED) is 0.0675. The minimum Gasteiger partial charge on any atom is -0.338 e. The minimum absolute atomic E-state index is 0.313. The third-order valence-corrected chi connectivity index (χ3v) is 7.15. The predicted octanol–water partition coefficient (Wildman–Crippen LogP) is 9.13. The fourth-order valence-corrected chi connectivity index (χ4v) is 4.69. The molecule has 0 fully saturated rings. The number of carbonyl (C=O) groups is 3. The highest BCUT2D eigenvalue weighted by atomic mass is 16.2. The average molecular weight is 589 g/mol. The Kier molecular flexibility index (Phi) is 22.7. The third kappa shape index (κ3) is 20.8. The Balaban J connectivity index is 2.64. The molecule has 1 aromatic carbocycles. The van der Waals surface area contributed by atoms with Crippen LogP contribution in [-0.4, -0.2) is 37.7 Å². The molecule has 9 heteroatoms. The van der Waals surface area contributed by atoms with Gasteiger partial charge in [0.25, 0.3) is 0 Å². The van der Waals surface area contributed by atoms with Crippen molar-refractivity contribution in [3.8, 4) is 0 Å². The van der Waals surface area contributed by atoms with Crippen molar-refractivity contribution in [2.24, 2.45) is 0 Å². The number of carbonyl (C=O) groups excluding carboxylic acids is 3. The van der Waals surface area contributed by atoms with Gasteiger partial charge in [0.1, 0.15) is 0 Å². The van der Waals surface area contributed by atoms with E-state index in [0.29, 0.717) is 36.7 Å². The van der Waals surface area contributed by atoms with E-state index in [9.17, 15) is 14.4 Å². The monoisotopic (exact) mass is 588 g/mol. The topological polar surface area (TPSA) is 123 Å². The van der Waals surface area contributed by atoms with E-state index < -0.39 is 0 Å². The first-order valence-corrected chi connectivity index (χ1v) is 16.8. The lowest BCUT2D eigenvalue weighted by Crippen LogP contribution is -2.31. The summed E-state index contributed by atoms with van der Waals surface area (Å²) < 4.78 is 0. The van der Waals surface area contributed by atoms with Gasteiger partial charge in [-0.2, -0.15) is 0 Å². The van der Waals surface area contributed by atoms with Crippen molar-refractivity contribution < 1.29 is 14.4 Å². The van der Waals surface area contributed by atoms with Gasteiger partial charge < -0.3 is 31.9 Å². The van der Waals surface area contributed by atoms with Gasteiger partial charge in [-0.15, -0.1) is 0 Å². The van der Waals surface area contributed by atoms with Gasteiger partial charge in [-0.3, -0.25) is 0 Å². The molecule has 1 rings (SSSR count). The van der Waals surface area contributed by atoms with Crippen LogP contribution in [0.25, 0.3) is 0 Å². The fourth-order valence-electron chi connectivity index (χ4n) is 4.69. The number of nitrogens with one attached hydrogen (secondary N) is 6. The molecule has 0 saturated heterocycles. The molecule has 0 bridgehead atoms. The maximum atomic E-state index is 12.5. The molecular formula is C33H60N6O3. The highest BCUT2D eigenvalue weighted by Gasteiger charge is 2.10. The Morgan fingerprint density at radius 1 is 0.405 bits per heavy atom. The van der Waals surface area contributed by atoms with Crippen LogP contribution < -0.4 is 31.9 Å². The zero-order chi connectivity index (χ0) is 30.7. The Morgan fingerprint density at radius 2 is 0.643 bits per heavy atom. The molecule has 0 atom stereocenters. The molecule has 240 valence electrons. The lowest BCUT2D eigenvalue weighted by molar-refractivity contribution is 0.251. The normalized spacial score (nSPS) is 10.6. The number of hydrogen-bond donors (Lipinski definition) is 6. The zero-order valence-electron chi connectivity index (χ0n) is 26.8. The average Bonchev–Trinajstić information content (AvgIpc) is 2.95. The lowest BCUT2D eigenvalue weighted by Gasteiger charge is -2.14. The van der Waals surface area contributed by atoms with E-state index in [0.717, 1.165) is 38.5 Å². The summed E-state index contributed by atoms with van der Waals surface area (Å²) in [5.74, 6) is 0. The van der Waals surface area contributed by atoms with Crippen molar-refractivity contribution in [2.75, 3.05) is 35.6 Å². The second-order valence-corrected chi connectivity index (χ2v) is 11.2. The number of rotatable bonds is 24. The Bertz CT molecular complexity index is 742. The summed E-state index contributed by atoms with van der Waals surface area (Å²) >= 11 is 0. The van der Waals surface area contributed by atoms with Crippen molar-refractivity contribution in [1.29, 1.82) is 0 Å². The van der Waals surface area contributed by atoms with Gasteiger partial charge in [-0.05, 0) is 37.5 Å². The highest BCUT2D eigenvalue weighted by Crippen LogP contribution is 2.23. The lowest BCUT2D eigenvalue weighted by atomic mass is 10.1. The van der Waals surface area contributed by atoms with Crippen LogP contribution in [0.15, 0.2) is 18.2 Å². The maximum Gasteiger partial charge on any atom is 0.319 e. The molecule has 0 aliphatic heterocycles. The summed E-state index contributed by atoms with van der Waals surface area (Å²) in [7, 11) is 0. The van der Waals surface area contributed by atoms with Gasteiger partial charge in [-0.1, -0.05) is 117 Å². The summed E-state index contributed by atoms with van der Waals surface area (Å²) in [6.07, 6.45) is 20.7. The first-order valence-electron chi connectivity index (χ1n) is 16.8. The number of urea groups is 3. The van der Waals surface area contributed by atoms with E-state index in [1.807, 2.05) is 0 Å². The van der Waals surface area contributed by atoms with Crippen molar-refractivity contribution in [1.82, 2.24) is 16.0 Å². The molecule has 0 aliphatic carbocycles. The third-order valence-electron chi connectivity index (χ3n) is 7.15. The Hall–Kier alpha value is -2.97. The molecule has 0 heterocycles. The number of benzene rings is 1. The van der Waals surface area contributed by atoms with Gasteiger partial charge in [0.05, 0.1) is 0 Å². The van der Waals surface area contributed by atoms with Gasteiger partial charge >= 0.3 is 18.1 Å². The Labute approximate surface area is 255 Å². The summed E-state index contributed by atoms with van der Waals surface area (Å²) in [5.41, 5.74) is 1.45. The van der Waals surface area contributed by atoms with Crippen LogP contribution in [-0.2, 0) is 0 Å². The van der Waals surface area contributed by atoms with Gasteiger partial charge in [0.2, 0.25) is 0 Å². The van der Waals surface area contributed by atoms with E-state index in [4.69, 9.17) is 0 Å². The molecule has 0 spiro atoms. The number of hydrogen-bond acceptors (Lipinski definition) is 3. The van der Waals surface area contributed by atoms with E-state index >= 15 is 0 Å². The summed E-state index contributed by atoms with van der Waals surface area (Å²) in [6, 6.07) is 4.13. The van der Waals surface area contributed by atoms with Crippen LogP contribution in [0.4, 0.5) is 31.4 Å². The van der Waals surface area contributed by atoms with Gasteiger partial charge in [0.15, 0.2) is 0 Å². The second-order valence-electron chi connectivity index (χ2n) is 11.2. The van der Waals surface area contributed by atoms with Crippen molar-refractivity contribution in [2.45, 2.75) is 136 Å². The van der Waals surface area contributed by atoms with Crippen molar-refractivity contribution in [3.05, 3.63) is 18.2 Å². The molecule has 0 aromatic heterocycles. The fraction of sp³-hybridized carbons (Fsp3) is 0.727. The van der Waals surface area contributed by atoms with Gasteiger partial charge in [-0.25, -0.2) is 14.4 Å². The zero-order valence-corrected chi connectivity index (χ0v) is 26.8. The van der Waals surface area contributed by atoms with Crippen LogP contribution >= 0.6 is 0 Å². The molecule has 0 radical (unpaired) electrons. The molecule has 6 N–H and O–H groups in total. The summed E-state index contributed by atoms with van der Waals surface area (Å²) in [4.78, 5) is 37.6. The van der Waals surface area contributed by atoms with Crippen LogP contribution in [0.3, 0.4) is 0 Å². The Morgan fingerprint density at radius 3 is 0.905 bits per heavy atom. The second kappa shape index (κ2) is 25.7. The largest absolute Gasteiger partial charge is 0.338 e. The van der Waals surface area contributed by atoms with E-state index in [1.54, 1.807) is 18.2 Å². The molecule has 0 saturated carbocycles. The SMILES string of the molecule is CCCCCCCCNC(=O)Nc1cc(NC(=O)NCCCCCCCC)cc(NC(=O)NCCCCCCCC)c1. The van der Waals surface area contributed by atoms with E-state index in [1.165, 1.54) is 77.0 Å². The minimum atomic E-state index is -0.313. The molecule has 1 aromatic rings. The smallest absolute Gasteiger partial charge is 0.319 e.